The molecule has 0 bridgehead atoms. The van der Waals surface area contributed by atoms with Crippen LogP contribution in [-0.4, -0.2) is 94.7 Å². The lowest BCUT2D eigenvalue weighted by Gasteiger charge is -2.39. The van der Waals surface area contributed by atoms with Crippen molar-refractivity contribution in [1.29, 1.82) is 0 Å². The number of nitrogens with zero attached hydrogens (tertiary/aromatic N) is 1. The summed E-state index contributed by atoms with van der Waals surface area (Å²) in [5.74, 6) is -5.69. The fourth-order valence-corrected chi connectivity index (χ4v) is 8.49. The summed E-state index contributed by atoms with van der Waals surface area (Å²) in [6, 6.07) is -1.04. The van der Waals surface area contributed by atoms with Crippen LogP contribution in [0.2, 0.25) is 0 Å². The van der Waals surface area contributed by atoms with Crippen LogP contribution >= 0.6 is 0 Å². The number of carbonyl (C=O) groups excluding carboxylic acids is 5. The molecule has 0 aromatic carbocycles. The number of esters is 1. The maximum absolute atomic E-state index is 14.0. The second-order valence-corrected chi connectivity index (χ2v) is 17.7. The highest BCUT2D eigenvalue weighted by atomic mass is 16.6. The number of rotatable bonds is 21. The highest BCUT2D eigenvalue weighted by Crippen LogP contribution is 2.34. The Morgan fingerprint density at radius 2 is 1.67 bits per heavy atom. The van der Waals surface area contributed by atoms with Gasteiger partial charge in [-0.05, 0) is 102 Å². The van der Waals surface area contributed by atoms with Gasteiger partial charge in [0.1, 0.15) is 23.7 Å². The summed E-state index contributed by atoms with van der Waals surface area (Å²) in [7, 11) is 1.72. The number of piperidine rings is 1. The Hall–Kier alpha value is -3.25. The van der Waals surface area contributed by atoms with Gasteiger partial charge in [0, 0.05) is 44.8 Å². The van der Waals surface area contributed by atoms with Crippen LogP contribution in [0.3, 0.4) is 0 Å². The number of methoxy groups -OCH3 is 1. The summed E-state index contributed by atoms with van der Waals surface area (Å²) < 4.78 is 17.3. The molecule has 58 heavy (non-hydrogen) atoms. The average Bonchev–Trinajstić information content (AvgIpc) is 3.19. The van der Waals surface area contributed by atoms with Crippen molar-refractivity contribution in [3.63, 3.8) is 0 Å². The Bertz CT molecular complexity index is 1510. The van der Waals surface area contributed by atoms with E-state index in [1.807, 2.05) is 52.0 Å². The molecule has 11 heteroatoms. The van der Waals surface area contributed by atoms with E-state index in [0.717, 1.165) is 25.7 Å². The minimum atomic E-state index is -2.24. The molecule has 2 N–H and O–H groups in total. The molecule has 0 spiro atoms. The molecule has 0 unspecified atom stereocenters. The third kappa shape index (κ3) is 15.1. The molecular weight excluding hydrogens is 739 g/mol. The molecule has 2 heterocycles. The van der Waals surface area contributed by atoms with E-state index < -0.39 is 47.6 Å². The highest BCUT2D eigenvalue weighted by Gasteiger charge is 2.51. The number of ether oxygens (including phenoxy) is 3. The van der Waals surface area contributed by atoms with E-state index in [1.165, 1.54) is 10.5 Å². The monoisotopic (exact) mass is 812 g/mol. The molecule has 0 radical (unpaired) electrons. The summed E-state index contributed by atoms with van der Waals surface area (Å²) in [5, 5.41) is 22.0. The molecule has 10 atom stereocenters. The number of amides is 1. The molecule has 1 saturated carbocycles. The SMILES string of the molecule is CO[C@H]1CCC[C@@H](C[C@@H](C)[C@H](CC(=O)C/C=C(\C)[C@@H](O)CC(=O)[C@H](C)C[C@H](C)/C=C/C=C/C=C(C)C)OC(=O)[C@@H]2CCCCN2C(=O)C(=O)[C@]2(O)OCCC[C@H]2C)C1. The lowest BCUT2D eigenvalue weighted by molar-refractivity contribution is -0.241. The summed E-state index contributed by atoms with van der Waals surface area (Å²) in [6.45, 7) is 13.7. The van der Waals surface area contributed by atoms with Crippen molar-refractivity contribution in [2.45, 2.75) is 168 Å². The van der Waals surface area contributed by atoms with Crippen LogP contribution in [0.1, 0.15) is 138 Å². The van der Waals surface area contributed by atoms with Crippen molar-refractivity contribution in [2.24, 2.45) is 29.6 Å². The van der Waals surface area contributed by atoms with E-state index in [9.17, 15) is 34.2 Å². The predicted octanol–water partition coefficient (Wildman–Crippen LogP) is 7.57. The zero-order chi connectivity index (χ0) is 43.0. The van der Waals surface area contributed by atoms with E-state index in [1.54, 1.807) is 27.0 Å². The third-order valence-electron chi connectivity index (χ3n) is 12.4. The standard InChI is InChI=1S/C47H73NO10/c1-31(2)16-10-9-11-17-32(3)26-34(5)42(51)30-41(50)33(4)22-23-38(49)29-43(35(6)27-37-19-14-20-39(28-37)56-8)58-46(54)40-21-12-13-24-48(40)45(53)44(52)47(55)36(7)18-15-25-57-47/h9-11,16-17,22,32,34-37,39-41,43,50,55H,12-15,18-21,23-30H2,1-8H3/b10-9+,17-11+,33-22+/t32-,34-,35-,36-,37+,39+,40+,41+,43+,47-/m1/s1. The molecule has 1 amide bonds. The number of hydrogen-bond acceptors (Lipinski definition) is 10. The van der Waals surface area contributed by atoms with Crippen molar-refractivity contribution < 1.29 is 48.4 Å². The molecule has 1 aliphatic carbocycles. The minimum Gasteiger partial charge on any atom is -0.460 e. The lowest BCUT2D eigenvalue weighted by atomic mass is 9.79. The van der Waals surface area contributed by atoms with Crippen LogP contribution in [0.15, 0.2) is 47.6 Å². The second kappa shape index (κ2) is 24.1. The van der Waals surface area contributed by atoms with Gasteiger partial charge in [-0.2, -0.15) is 0 Å². The van der Waals surface area contributed by atoms with Gasteiger partial charge in [0.2, 0.25) is 5.79 Å². The first-order valence-electron chi connectivity index (χ1n) is 21.8. The molecule has 326 valence electrons. The number of aliphatic hydroxyl groups excluding tert-OH is 1. The number of likely N-dealkylation sites (tertiary alicyclic amines) is 1. The number of carbonyl (C=O) groups is 5. The van der Waals surface area contributed by atoms with E-state index in [0.29, 0.717) is 56.4 Å². The lowest BCUT2D eigenvalue weighted by Crippen LogP contribution is -2.59. The van der Waals surface area contributed by atoms with Crippen molar-refractivity contribution in [3.05, 3.63) is 47.6 Å². The fraction of sp³-hybridized carbons (Fsp3) is 0.723. The van der Waals surface area contributed by atoms with E-state index in [-0.39, 0.29) is 67.8 Å². The van der Waals surface area contributed by atoms with Gasteiger partial charge >= 0.3 is 5.97 Å². The van der Waals surface area contributed by atoms with E-state index in [2.05, 4.69) is 13.0 Å². The number of Topliss-reactive ketones (excluding diaryl/α,β-unsaturated/α-hetero) is 3. The molecule has 3 fully saturated rings. The van der Waals surface area contributed by atoms with Crippen molar-refractivity contribution in [1.82, 2.24) is 4.90 Å². The van der Waals surface area contributed by atoms with E-state index in [4.69, 9.17) is 14.2 Å². The number of allylic oxidation sites excluding steroid dienone is 7. The molecule has 2 saturated heterocycles. The first kappa shape index (κ1) is 49.1. The second-order valence-electron chi connectivity index (χ2n) is 17.7. The van der Waals surface area contributed by atoms with Crippen molar-refractivity contribution >= 4 is 29.2 Å². The molecular formula is C47H73NO10. The Labute approximate surface area is 347 Å². The fourth-order valence-electron chi connectivity index (χ4n) is 8.49. The summed E-state index contributed by atoms with van der Waals surface area (Å²) in [5.41, 5.74) is 1.74. The summed E-state index contributed by atoms with van der Waals surface area (Å²) in [4.78, 5) is 68.8. The molecule has 0 aromatic rings. The largest absolute Gasteiger partial charge is 0.460 e. The van der Waals surface area contributed by atoms with Crippen LogP contribution in [0.25, 0.3) is 0 Å². The van der Waals surface area contributed by atoms with Crippen LogP contribution < -0.4 is 0 Å². The van der Waals surface area contributed by atoms with Crippen LogP contribution in [-0.2, 0) is 38.2 Å². The van der Waals surface area contributed by atoms with Gasteiger partial charge in [-0.25, -0.2) is 4.79 Å². The number of ketones is 3. The van der Waals surface area contributed by atoms with Gasteiger partial charge in [-0.1, -0.05) is 82.6 Å². The highest BCUT2D eigenvalue weighted by molar-refractivity contribution is 6.39. The quantitative estimate of drug-likeness (QED) is 0.0513. The molecule has 0 aromatic heterocycles. The first-order chi connectivity index (χ1) is 27.5. The van der Waals surface area contributed by atoms with Crippen molar-refractivity contribution in [3.8, 4) is 0 Å². The van der Waals surface area contributed by atoms with E-state index >= 15 is 0 Å². The van der Waals surface area contributed by atoms with Gasteiger partial charge in [0.25, 0.3) is 11.7 Å². The Kier molecular flexibility index (Phi) is 20.4. The molecule has 2 aliphatic heterocycles. The normalized spacial score (nSPS) is 27.1. The van der Waals surface area contributed by atoms with Gasteiger partial charge in [-0.15, -0.1) is 0 Å². The van der Waals surface area contributed by atoms with Gasteiger partial charge in [-0.3, -0.25) is 19.2 Å². The maximum Gasteiger partial charge on any atom is 0.329 e. The van der Waals surface area contributed by atoms with Crippen LogP contribution in [0, 0.1) is 29.6 Å². The van der Waals surface area contributed by atoms with Gasteiger partial charge in [0.05, 0.1) is 18.8 Å². The minimum absolute atomic E-state index is 0.00994. The smallest absolute Gasteiger partial charge is 0.329 e. The van der Waals surface area contributed by atoms with Crippen LogP contribution in [0.4, 0.5) is 0 Å². The first-order valence-corrected chi connectivity index (χ1v) is 21.8. The third-order valence-corrected chi connectivity index (χ3v) is 12.4. The number of aliphatic hydroxyl groups is 2. The predicted molar refractivity (Wildman–Crippen MR) is 224 cm³/mol. The Morgan fingerprint density at radius 3 is 2.36 bits per heavy atom. The zero-order valence-electron chi connectivity index (χ0n) is 36.6. The summed E-state index contributed by atoms with van der Waals surface area (Å²) >= 11 is 0. The molecule has 3 rings (SSSR count). The summed E-state index contributed by atoms with van der Waals surface area (Å²) in [6.07, 6.45) is 17.9. The number of hydrogen-bond donors (Lipinski definition) is 2. The Morgan fingerprint density at radius 1 is 0.931 bits per heavy atom. The average molecular weight is 812 g/mol. The van der Waals surface area contributed by atoms with Crippen LogP contribution in [0.5, 0.6) is 0 Å². The Balaban J connectivity index is 1.68. The molecule has 3 aliphatic rings. The topological polar surface area (TPSA) is 157 Å². The maximum atomic E-state index is 14.0. The van der Waals surface area contributed by atoms with Gasteiger partial charge < -0.3 is 29.3 Å². The molecule has 11 nitrogen and oxygen atoms in total. The van der Waals surface area contributed by atoms with Crippen molar-refractivity contribution in [2.75, 3.05) is 20.3 Å². The zero-order valence-corrected chi connectivity index (χ0v) is 36.6. The van der Waals surface area contributed by atoms with Gasteiger partial charge in [0.15, 0.2) is 0 Å².